The molecule has 0 aliphatic heterocycles. The summed E-state index contributed by atoms with van der Waals surface area (Å²) in [6, 6.07) is 1.54. The number of rotatable bonds is 3. The minimum absolute atomic E-state index is 0.0483. The molecule has 94 valence electrons. The van der Waals surface area contributed by atoms with E-state index in [9.17, 15) is 9.18 Å². The third kappa shape index (κ3) is 2.51. The second kappa shape index (κ2) is 5.63. The molecule has 0 radical (unpaired) electrons. The van der Waals surface area contributed by atoms with Gasteiger partial charge in [-0.15, -0.1) is 6.42 Å². The Hall–Kier alpha value is -1.89. The molecule has 1 aliphatic carbocycles. The lowest BCUT2D eigenvalue weighted by atomic mass is 10.1. The third-order valence-corrected chi connectivity index (χ3v) is 3.29. The number of aromatic nitrogens is 1. The number of hydrogen-bond acceptors (Lipinski definition) is 2. The van der Waals surface area contributed by atoms with Crippen LogP contribution in [0.3, 0.4) is 0 Å². The molecular weight excluding hydrogens is 231 g/mol. The van der Waals surface area contributed by atoms with E-state index >= 15 is 0 Å². The van der Waals surface area contributed by atoms with Gasteiger partial charge in [0, 0.05) is 12.2 Å². The number of carbonyl (C=O) groups is 1. The molecule has 0 N–H and O–H groups in total. The van der Waals surface area contributed by atoms with Gasteiger partial charge in [-0.25, -0.2) is 4.39 Å². The van der Waals surface area contributed by atoms with Crippen molar-refractivity contribution in [3.63, 3.8) is 0 Å². The summed E-state index contributed by atoms with van der Waals surface area (Å²) in [5.74, 6) is 1.55. The van der Waals surface area contributed by atoms with Crippen LogP contribution in [0.4, 0.5) is 4.39 Å². The fraction of sp³-hybridized carbons (Fsp3) is 0.429. The molecule has 1 amide bonds. The van der Waals surface area contributed by atoms with Gasteiger partial charge in [0.2, 0.25) is 0 Å². The van der Waals surface area contributed by atoms with Crippen LogP contribution in [0.2, 0.25) is 0 Å². The number of halogens is 1. The van der Waals surface area contributed by atoms with Crippen LogP contribution in [0.15, 0.2) is 18.5 Å². The van der Waals surface area contributed by atoms with Crippen LogP contribution in [0.5, 0.6) is 0 Å². The summed E-state index contributed by atoms with van der Waals surface area (Å²) in [6.07, 6.45) is 11.8. The Morgan fingerprint density at radius 3 is 2.89 bits per heavy atom. The summed E-state index contributed by atoms with van der Waals surface area (Å²) in [4.78, 5) is 17.6. The molecule has 18 heavy (non-hydrogen) atoms. The van der Waals surface area contributed by atoms with Crippen LogP contribution in [0.1, 0.15) is 36.0 Å². The van der Waals surface area contributed by atoms with Gasteiger partial charge in [0.15, 0.2) is 5.82 Å². The van der Waals surface area contributed by atoms with E-state index < -0.39 is 5.82 Å². The molecule has 0 atom stereocenters. The van der Waals surface area contributed by atoms with Crippen LogP contribution >= 0.6 is 0 Å². The second-order valence-electron chi connectivity index (χ2n) is 4.43. The highest BCUT2D eigenvalue weighted by atomic mass is 19.1. The number of carbonyl (C=O) groups excluding carboxylic acids is 1. The molecule has 1 aliphatic rings. The van der Waals surface area contributed by atoms with Crippen molar-refractivity contribution in [2.24, 2.45) is 0 Å². The average Bonchev–Trinajstić information content (AvgIpc) is 2.89. The van der Waals surface area contributed by atoms with Gasteiger partial charge in [0.25, 0.3) is 5.91 Å². The topological polar surface area (TPSA) is 33.2 Å². The van der Waals surface area contributed by atoms with Crippen molar-refractivity contribution in [2.45, 2.75) is 31.7 Å². The summed E-state index contributed by atoms with van der Waals surface area (Å²) in [5, 5.41) is 0. The van der Waals surface area contributed by atoms with Crippen molar-refractivity contribution < 1.29 is 9.18 Å². The van der Waals surface area contributed by atoms with E-state index in [1.54, 1.807) is 4.90 Å². The third-order valence-electron chi connectivity index (χ3n) is 3.29. The SMILES string of the molecule is C#CCN(C(=O)c1ccncc1F)C1CCCC1. The molecule has 2 rings (SSSR count). The molecular formula is C14H15FN2O. The van der Waals surface area contributed by atoms with E-state index in [-0.39, 0.29) is 24.1 Å². The molecule has 1 heterocycles. The Morgan fingerprint density at radius 1 is 1.56 bits per heavy atom. The van der Waals surface area contributed by atoms with Gasteiger partial charge in [0.1, 0.15) is 0 Å². The van der Waals surface area contributed by atoms with E-state index in [0.29, 0.717) is 0 Å². The molecule has 0 spiro atoms. The Bertz CT molecular complexity index is 475. The minimum atomic E-state index is -0.595. The average molecular weight is 246 g/mol. The first-order valence-electron chi connectivity index (χ1n) is 6.08. The van der Waals surface area contributed by atoms with Crippen LogP contribution < -0.4 is 0 Å². The smallest absolute Gasteiger partial charge is 0.257 e. The van der Waals surface area contributed by atoms with Crippen molar-refractivity contribution in [1.29, 1.82) is 0 Å². The van der Waals surface area contributed by atoms with E-state index in [4.69, 9.17) is 6.42 Å². The normalized spacial score (nSPS) is 15.3. The van der Waals surface area contributed by atoms with Crippen LogP contribution in [0.25, 0.3) is 0 Å². The van der Waals surface area contributed by atoms with Crippen molar-refractivity contribution in [3.8, 4) is 12.3 Å². The van der Waals surface area contributed by atoms with E-state index in [1.165, 1.54) is 12.3 Å². The maximum Gasteiger partial charge on any atom is 0.257 e. The lowest BCUT2D eigenvalue weighted by Crippen LogP contribution is -2.39. The molecule has 0 saturated heterocycles. The number of pyridine rings is 1. The number of hydrogen-bond donors (Lipinski definition) is 0. The highest BCUT2D eigenvalue weighted by Crippen LogP contribution is 2.25. The van der Waals surface area contributed by atoms with E-state index in [0.717, 1.165) is 31.9 Å². The zero-order chi connectivity index (χ0) is 13.0. The van der Waals surface area contributed by atoms with E-state index in [2.05, 4.69) is 10.9 Å². The predicted molar refractivity (Wildman–Crippen MR) is 66.3 cm³/mol. The van der Waals surface area contributed by atoms with E-state index in [1.807, 2.05) is 0 Å². The zero-order valence-corrected chi connectivity index (χ0v) is 10.1. The van der Waals surface area contributed by atoms with Gasteiger partial charge in [-0.05, 0) is 18.9 Å². The van der Waals surface area contributed by atoms with Gasteiger partial charge >= 0.3 is 0 Å². The van der Waals surface area contributed by atoms with Crippen LogP contribution in [-0.2, 0) is 0 Å². The Labute approximate surface area is 106 Å². The summed E-state index contributed by atoms with van der Waals surface area (Å²) in [5.41, 5.74) is 0.0483. The molecule has 0 aromatic carbocycles. The highest BCUT2D eigenvalue weighted by molar-refractivity contribution is 5.94. The van der Waals surface area contributed by atoms with Gasteiger partial charge in [-0.3, -0.25) is 9.78 Å². The van der Waals surface area contributed by atoms with Gasteiger partial charge < -0.3 is 4.90 Å². The molecule has 3 nitrogen and oxygen atoms in total. The highest BCUT2D eigenvalue weighted by Gasteiger charge is 2.28. The zero-order valence-electron chi connectivity index (χ0n) is 10.1. The van der Waals surface area contributed by atoms with Crippen molar-refractivity contribution in [1.82, 2.24) is 9.88 Å². The standard InChI is InChI=1S/C14H15FN2O/c1-2-9-17(11-5-3-4-6-11)14(18)12-7-8-16-10-13(12)15/h1,7-8,10-11H,3-6,9H2. The first kappa shape index (κ1) is 12.6. The quantitative estimate of drug-likeness (QED) is 0.766. The molecule has 1 aromatic heterocycles. The van der Waals surface area contributed by atoms with Crippen molar-refractivity contribution in [3.05, 3.63) is 29.8 Å². The number of terminal acetylenes is 1. The lowest BCUT2D eigenvalue weighted by molar-refractivity contribution is 0.0705. The van der Waals surface area contributed by atoms with Crippen LogP contribution in [-0.4, -0.2) is 28.4 Å². The van der Waals surface area contributed by atoms with Crippen molar-refractivity contribution in [2.75, 3.05) is 6.54 Å². The summed E-state index contributed by atoms with van der Waals surface area (Å²) < 4.78 is 13.6. The fourth-order valence-electron chi connectivity index (χ4n) is 2.38. The second-order valence-corrected chi connectivity index (χ2v) is 4.43. The largest absolute Gasteiger partial charge is 0.324 e. The maximum atomic E-state index is 13.6. The first-order valence-corrected chi connectivity index (χ1v) is 6.08. The predicted octanol–water partition coefficient (Wildman–Crippen LogP) is 2.24. The van der Waals surface area contributed by atoms with Crippen molar-refractivity contribution >= 4 is 5.91 Å². The Balaban J connectivity index is 2.23. The summed E-state index contributed by atoms with van der Waals surface area (Å²) in [6.45, 7) is 0.227. The number of amides is 1. The molecule has 1 saturated carbocycles. The molecule has 0 bridgehead atoms. The summed E-state index contributed by atoms with van der Waals surface area (Å²) >= 11 is 0. The lowest BCUT2D eigenvalue weighted by Gasteiger charge is -2.27. The van der Waals surface area contributed by atoms with Gasteiger partial charge in [-0.2, -0.15) is 0 Å². The first-order chi connectivity index (χ1) is 8.74. The van der Waals surface area contributed by atoms with Crippen LogP contribution in [0, 0.1) is 18.2 Å². The fourth-order valence-corrected chi connectivity index (χ4v) is 2.38. The molecule has 0 unspecified atom stereocenters. The molecule has 1 aromatic rings. The monoisotopic (exact) mass is 246 g/mol. The maximum absolute atomic E-state index is 13.6. The molecule has 4 heteroatoms. The Kier molecular flexibility index (Phi) is 3.93. The minimum Gasteiger partial charge on any atom is -0.324 e. The van der Waals surface area contributed by atoms with Gasteiger partial charge in [-0.1, -0.05) is 18.8 Å². The molecule has 1 fully saturated rings. The number of nitrogens with zero attached hydrogens (tertiary/aromatic N) is 2. The Morgan fingerprint density at radius 2 is 2.28 bits per heavy atom. The summed E-state index contributed by atoms with van der Waals surface area (Å²) in [7, 11) is 0. The van der Waals surface area contributed by atoms with Gasteiger partial charge in [0.05, 0.1) is 18.3 Å².